The van der Waals surface area contributed by atoms with Crippen LogP contribution in [0.25, 0.3) is 0 Å². The fourth-order valence-corrected chi connectivity index (χ4v) is 1.04. The summed E-state index contributed by atoms with van der Waals surface area (Å²) in [6.07, 6.45) is 0. The van der Waals surface area contributed by atoms with Crippen molar-refractivity contribution in [2.24, 2.45) is 0 Å². The fraction of sp³-hybridized carbons (Fsp3) is 0.300. The van der Waals surface area contributed by atoms with Crippen LogP contribution in [0, 0.1) is 5.82 Å². The van der Waals surface area contributed by atoms with E-state index in [-0.39, 0.29) is 30.9 Å². The number of hydrogen-bond acceptors (Lipinski definition) is 3. The zero-order chi connectivity index (χ0) is 11.3. The third kappa shape index (κ3) is 3.30. The number of benzene rings is 1. The lowest BCUT2D eigenvalue weighted by molar-refractivity contribution is 0.0695. The summed E-state index contributed by atoms with van der Waals surface area (Å²) in [4.78, 5) is 10.5. The third-order valence-corrected chi connectivity index (χ3v) is 1.79. The van der Waals surface area contributed by atoms with Gasteiger partial charge in [-0.1, -0.05) is 6.07 Å². The van der Waals surface area contributed by atoms with Crippen LogP contribution in [0.4, 0.5) is 4.39 Å². The Hall–Kier alpha value is -1.46. The van der Waals surface area contributed by atoms with Gasteiger partial charge in [-0.2, -0.15) is 0 Å². The van der Waals surface area contributed by atoms with Crippen molar-refractivity contribution < 1.29 is 24.1 Å². The molecule has 0 aliphatic heterocycles. The molecule has 0 aliphatic rings. The van der Waals surface area contributed by atoms with Gasteiger partial charge in [0, 0.05) is 5.56 Å². The van der Waals surface area contributed by atoms with E-state index in [2.05, 4.69) is 0 Å². The number of rotatable bonds is 5. The maximum atomic E-state index is 13.2. The van der Waals surface area contributed by atoms with Crippen LogP contribution in [0.15, 0.2) is 18.2 Å². The molecule has 0 saturated carbocycles. The Morgan fingerprint density at radius 1 is 1.47 bits per heavy atom. The molecule has 5 heteroatoms. The van der Waals surface area contributed by atoms with Crippen molar-refractivity contribution in [3.05, 3.63) is 35.1 Å². The molecule has 0 heterocycles. The molecule has 1 aromatic carbocycles. The summed E-state index contributed by atoms with van der Waals surface area (Å²) in [5, 5.41) is 17.0. The summed E-state index contributed by atoms with van der Waals surface area (Å²) in [5.74, 6) is -1.79. The fourth-order valence-electron chi connectivity index (χ4n) is 1.04. The molecule has 0 amide bonds. The Kier molecular flexibility index (Phi) is 4.20. The molecule has 0 radical (unpaired) electrons. The van der Waals surface area contributed by atoms with Gasteiger partial charge >= 0.3 is 5.97 Å². The van der Waals surface area contributed by atoms with Gasteiger partial charge in [0.1, 0.15) is 5.82 Å². The van der Waals surface area contributed by atoms with E-state index in [0.29, 0.717) is 0 Å². The van der Waals surface area contributed by atoms with Crippen molar-refractivity contribution in [1.29, 1.82) is 0 Å². The number of halogens is 1. The van der Waals surface area contributed by atoms with Crippen LogP contribution in [0.2, 0.25) is 0 Å². The molecule has 0 bridgehead atoms. The topological polar surface area (TPSA) is 66.8 Å². The van der Waals surface area contributed by atoms with Crippen molar-refractivity contribution in [3.63, 3.8) is 0 Å². The van der Waals surface area contributed by atoms with Crippen LogP contribution in [0.5, 0.6) is 0 Å². The molecule has 15 heavy (non-hydrogen) atoms. The highest BCUT2D eigenvalue weighted by molar-refractivity contribution is 5.87. The first-order chi connectivity index (χ1) is 7.15. The van der Waals surface area contributed by atoms with Crippen LogP contribution >= 0.6 is 0 Å². The van der Waals surface area contributed by atoms with Gasteiger partial charge in [0.05, 0.1) is 25.4 Å². The Morgan fingerprint density at radius 2 is 2.20 bits per heavy atom. The van der Waals surface area contributed by atoms with Gasteiger partial charge in [-0.3, -0.25) is 0 Å². The lowest BCUT2D eigenvalue weighted by Gasteiger charge is -2.04. The van der Waals surface area contributed by atoms with Gasteiger partial charge in [0.15, 0.2) is 0 Å². The highest BCUT2D eigenvalue weighted by Crippen LogP contribution is 2.11. The summed E-state index contributed by atoms with van der Waals surface area (Å²) in [6, 6.07) is 3.61. The first kappa shape index (κ1) is 11.6. The zero-order valence-electron chi connectivity index (χ0n) is 7.94. The lowest BCUT2D eigenvalue weighted by Crippen LogP contribution is -2.03. The molecular weight excluding hydrogens is 203 g/mol. The molecule has 0 saturated heterocycles. The zero-order valence-corrected chi connectivity index (χ0v) is 7.94. The van der Waals surface area contributed by atoms with E-state index in [9.17, 15) is 9.18 Å². The van der Waals surface area contributed by atoms with Crippen molar-refractivity contribution in [3.8, 4) is 0 Å². The van der Waals surface area contributed by atoms with E-state index in [1.807, 2.05) is 0 Å². The molecule has 82 valence electrons. The van der Waals surface area contributed by atoms with Crippen molar-refractivity contribution in [2.75, 3.05) is 13.2 Å². The number of hydrogen-bond donors (Lipinski definition) is 2. The minimum atomic E-state index is -1.17. The maximum Gasteiger partial charge on any atom is 0.335 e. The summed E-state index contributed by atoms with van der Waals surface area (Å²) in [7, 11) is 0. The molecule has 1 rings (SSSR count). The Balaban J connectivity index is 2.70. The molecule has 4 nitrogen and oxygen atoms in total. The number of ether oxygens (including phenoxy) is 1. The standard InChI is InChI=1S/C10H11FO4/c11-9-5-7(10(13)14)1-2-8(9)6-15-4-3-12/h1-2,5,12H,3-4,6H2,(H,13,14). The number of aliphatic hydroxyl groups excluding tert-OH is 1. The van der Waals surface area contributed by atoms with Crippen molar-refractivity contribution in [2.45, 2.75) is 6.61 Å². The number of carbonyl (C=O) groups is 1. The Labute approximate surface area is 85.9 Å². The van der Waals surface area contributed by atoms with Crippen LogP contribution in [-0.2, 0) is 11.3 Å². The van der Waals surface area contributed by atoms with Crippen molar-refractivity contribution >= 4 is 5.97 Å². The van der Waals surface area contributed by atoms with E-state index >= 15 is 0 Å². The molecule has 2 N–H and O–H groups in total. The van der Waals surface area contributed by atoms with E-state index in [4.69, 9.17) is 14.9 Å². The maximum absolute atomic E-state index is 13.2. The van der Waals surface area contributed by atoms with Gasteiger partial charge in [-0.15, -0.1) is 0 Å². The summed E-state index contributed by atoms with van der Waals surface area (Å²) >= 11 is 0. The Morgan fingerprint density at radius 3 is 2.73 bits per heavy atom. The average molecular weight is 214 g/mol. The quantitative estimate of drug-likeness (QED) is 0.718. The van der Waals surface area contributed by atoms with E-state index in [1.54, 1.807) is 0 Å². The summed E-state index contributed by atoms with van der Waals surface area (Å²) in [5.41, 5.74) is 0.173. The lowest BCUT2D eigenvalue weighted by atomic mass is 10.1. The van der Waals surface area contributed by atoms with Gasteiger partial charge < -0.3 is 14.9 Å². The van der Waals surface area contributed by atoms with Gasteiger partial charge in [-0.05, 0) is 12.1 Å². The number of carboxylic acids is 1. The minimum Gasteiger partial charge on any atom is -0.478 e. The van der Waals surface area contributed by atoms with Gasteiger partial charge in [-0.25, -0.2) is 9.18 Å². The van der Waals surface area contributed by atoms with E-state index < -0.39 is 11.8 Å². The molecule has 0 fully saturated rings. The number of aliphatic hydroxyl groups is 1. The predicted octanol–water partition coefficient (Wildman–Crippen LogP) is 1.03. The van der Waals surface area contributed by atoms with Crippen molar-refractivity contribution in [1.82, 2.24) is 0 Å². The van der Waals surface area contributed by atoms with Crippen LogP contribution in [0.3, 0.4) is 0 Å². The molecular formula is C10H11FO4. The van der Waals surface area contributed by atoms with E-state index in [1.165, 1.54) is 12.1 Å². The smallest absolute Gasteiger partial charge is 0.335 e. The molecule has 1 aromatic rings. The highest BCUT2D eigenvalue weighted by atomic mass is 19.1. The summed E-state index contributed by atoms with van der Waals surface area (Å²) in [6.45, 7) is 0.0151. The normalized spacial score (nSPS) is 10.3. The SMILES string of the molecule is O=C(O)c1ccc(COCCO)c(F)c1. The van der Waals surface area contributed by atoms with Gasteiger partial charge in [0.25, 0.3) is 0 Å². The van der Waals surface area contributed by atoms with E-state index in [0.717, 1.165) is 6.07 Å². The molecule has 0 spiro atoms. The molecule has 0 aliphatic carbocycles. The Bertz CT molecular complexity index is 351. The second-order valence-electron chi connectivity index (χ2n) is 2.89. The first-order valence-electron chi connectivity index (χ1n) is 4.35. The number of carboxylic acid groups (broad SMARTS) is 1. The first-order valence-corrected chi connectivity index (χ1v) is 4.35. The summed E-state index contributed by atoms with van der Waals surface area (Å²) < 4.78 is 18.1. The van der Waals surface area contributed by atoms with Crippen LogP contribution in [-0.4, -0.2) is 29.4 Å². The molecule has 0 aromatic heterocycles. The second-order valence-corrected chi connectivity index (χ2v) is 2.89. The third-order valence-electron chi connectivity index (χ3n) is 1.79. The molecule has 0 unspecified atom stereocenters. The largest absolute Gasteiger partial charge is 0.478 e. The van der Waals surface area contributed by atoms with Crippen LogP contribution in [0.1, 0.15) is 15.9 Å². The van der Waals surface area contributed by atoms with Crippen LogP contribution < -0.4 is 0 Å². The highest BCUT2D eigenvalue weighted by Gasteiger charge is 2.07. The van der Waals surface area contributed by atoms with Gasteiger partial charge in [0.2, 0.25) is 0 Å². The molecule has 0 atom stereocenters. The minimum absolute atomic E-state index is 0.0201. The average Bonchev–Trinajstić information content (AvgIpc) is 2.20. The predicted molar refractivity (Wildman–Crippen MR) is 50.1 cm³/mol. The second kappa shape index (κ2) is 5.43. The monoisotopic (exact) mass is 214 g/mol. The number of aromatic carboxylic acids is 1.